The van der Waals surface area contributed by atoms with E-state index in [0.717, 1.165) is 5.56 Å². The summed E-state index contributed by atoms with van der Waals surface area (Å²) < 4.78 is 23.9. The predicted octanol–water partition coefficient (Wildman–Crippen LogP) is 3.09. The Hall–Kier alpha value is -2.63. The van der Waals surface area contributed by atoms with Crippen LogP contribution in [0.5, 0.6) is 11.6 Å². The molecule has 1 amide bonds. The van der Waals surface area contributed by atoms with E-state index >= 15 is 0 Å². The molecule has 0 saturated heterocycles. The third-order valence-corrected chi connectivity index (χ3v) is 3.28. The third-order valence-electron chi connectivity index (χ3n) is 3.28. The quantitative estimate of drug-likeness (QED) is 0.846. The lowest BCUT2D eigenvalue weighted by molar-refractivity contribution is -0.134. The number of carbonyl (C=O) groups is 1. The number of halogens is 1. The van der Waals surface area contributed by atoms with Gasteiger partial charge in [-0.2, -0.15) is 0 Å². The lowest BCUT2D eigenvalue weighted by Gasteiger charge is -2.25. The monoisotopic (exact) mass is 332 g/mol. The molecule has 0 unspecified atom stereocenters. The van der Waals surface area contributed by atoms with Gasteiger partial charge in [0, 0.05) is 18.8 Å². The van der Waals surface area contributed by atoms with Crippen molar-refractivity contribution in [2.24, 2.45) is 0 Å². The van der Waals surface area contributed by atoms with Crippen LogP contribution in [-0.4, -0.2) is 23.1 Å². The molecule has 0 saturated carbocycles. The average Bonchev–Trinajstić information content (AvgIpc) is 2.55. The van der Waals surface area contributed by atoms with Crippen molar-refractivity contribution in [2.75, 3.05) is 6.61 Å². The van der Waals surface area contributed by atoms with Gasteiger partial charge in [-0.05, 0) is 56.7 Å². The van der Waals surface area contributed by atoms with Crippen LogP contribution in [0, 0.1) is 5.82 Å². The first-order valence-electron chi connectivity index (χ1n) is 7.71. The fourth-order valence-electron chi connectivity index (χ4n) is 2.03. The number of nitrogens with zero attached hydrogens (tertiary/aromatic N) is 1. The Bertz CT molecular complexity index is 687. The molecule has 0 radical (unpaired) electrons. The zero-order chi connectivity index (χ0) is 17.6. The molecular formula is C18H21FN2O3. The fraction of sp³-hybridized carbons (Fsp3) is 0.333. The summed E-state index contributed by atoms with van der Waals surface area (Å²) >= 11 is 0. The molecule has 24 heavy (non-hydrogen) atoms. The van der Waals surface area contributed by atoms with Gasteiger partial charge in [-0.25, -0.2) is 9.37 Å². The highest BCUT2D eigenvalue weighted by Crippen LogP contribution is 2.19. The van der Waals surface area contributed by atoms with Gasteiger partial charge in [-0.1, -0.05) is 0 Å². The number of nitrogens with one attached hydrogen (secondary N) is 1. The van der Waals surface area contributed by atoms with Crippen LogP contribution >= 0.6 is 0 Å². The Morgan fingerprint density at radius 2 is 1.96 bits per heavy atom. The summed E-state index contributed by atoms with van der Waals surface area (Å²) in [7, 11) is 0. The molecule has 0 aliphatic rings. The number of carbonyl (C=O) groups excluding carboxylic acids is 1. The maximum absolute atomic E-state index is 12.9. The smallest absolute Gasteiger partial charge is 0.263 e. The van der Waals surface area contributed by atoms with Gasteiger partial charge in [-0.15, -0.1) is 0 Å². The molecule has 1 aromatic heterocycles. The minimum Gasteiger partial charge on any atom is -0.478 e. The van der Waals surface area contributed by atoms with E-state index < -0.39 is 5.60 Å². The summed E-state index contributed by atoms with van der Waals surface area (Å²) in [6.07, 6.45) is 1.63. The molecular weight excluding hydrogens is 311 g/mol. The molecule has 1 N–H and O–H groups in total. The SMILES string of the molecule is CCOc1cc(CNC(=O)C(C)(C)Oc2ccc(F)cc2)ccn1. The molecule has 2 aromatic rings. The molecule has 0 bridgehead atoms. The van der Waals surface area contributed by atoms with Crippen molar-refractivity contribution in [1.29, 1.82) is 0 Å². The third kappa shape index (κ3) is 4.94. The molecule has 0 aliphatic heterocycles. The van der Waals surface area contributed by atoms with Crippen molar-refractivity contribution in [3.8, 4) is 11.6 Å². The normalized spacial score (nSPS) is 11.0. The summed E-state index contributed by atoms with van der Waals surface area (Å²) in [5.74, 6) is 0.319. The van der Waals surface area contributed by atoms with Crippen molar-refractivity contribution >= 4 is 5.91 Å². The lowest BCUT2D eigenvalue weighted by atomic mass is 10.1. The highest BCUT2D eigenvalue weighted by Gasteiger charge is 2.29. The van der Waals surface area contributed by atoms with Crippen LogP contribution in [0.15, 0.2) is 42.6 Å². The molecule has 2 rings (SSSR count). The van der Waals surface area contributed by atoms with Gasteiger partial charge in [0.2, 0.25) is 5.88 Å². The lowest BCUT2D eigenvalue weighted by Crippen LogP contribution is -2.46. The first kappa shape index (κ1) is 17.7. The number of pyridine rings is 1. The molecule has 0 fully saturated rings. The molecule has 1 heterocycles. The van der Waals surface area contributed by atoms with Gasteiger partial charge in [0.1, 0.15) is 11.6 Å². The van der Waals surface area contributed by atoms with Crippen LogP contribution in [0.25, 0.3) is 0 Å². The number of aromatic nitrogens is 1. The first-order valence-corrected chi connectivity index (χ1v) is 7.71. The predicted molar refractivity (Wildman–Crippen MR) is 88.4 cm³/mol. The van der Waals surface area contributed by atoms with E-state index in [0.29, 0.717) is 24.8 Å². The van der Waals surface area contributed by atoms with Crippen molar-refractivity contribution < 1.29 is 18.7 Å². The number of hydrogen-bond donors (Lipinski definition) is 1. The number of rotatable bonds is 7. The summed E-state index contributed by atoms with van der Waals surface area (Å²) in [5, 5.41) is 2.82. The standard InChI is InChI=1S/C18H21FN2O3/c1-4-23-16-11-13(9-10-20-16)12-21-17(22)18(2,3)24-15-7-5-14(19)6-8-15/h5-11H,4,12H2,1-3H3,(H,21,22). The van der Waals surface area contributed by atoms with Crippen LogP contribution in [-0.2, 0) is 11.3 Å². The number of hydrogen-bond acceptors (Lipinski definition) is 4. The number of ether oxygens (including phenoxy) is 2. The van der Waals surface area contributed by atoms with Crippen molar-refractivity contribution in [3.05, 3.63) is 54.0 Å². The summed E-state index contributed by atoms with van der Waals surface area (Å²) in [6.45, 7) is 6.05. The number of benzene rings is 1. The topological polar surface area (TPSA) is 60.5 Å². The van der Waals surface area contributed by atoms with Gasteiger partial charge < -0.3 is 14.8 Å². The van der Waals surface area contributed by atoms with E-state index in [4.69, 9.17) is 9.47 Å². The van der Waals surface area contributed by atoms with E-state index in [9.17, 15) is 9.18 Å². The van der Waals surface area contributed by atoms with Crippen LogP contribution in [0.4, 0.5) is 4.39 Å². The van der Waals surface area contributed by atoms with Crippen molar-refractivity contribution in [1.82, 2.24) is 10.3 Å². The summed E-state index contributed by atoms with van der Waals surface area (Å²) in [6, 6.07) is 9.13. The zero-order valence-corrected chi connectivity index (χ0v) is 14.0. The Morgan fingerprint density at radius 1 is 1.25 bits per heavy atom. The van der Waals surface area contributed by atoms with Gasteiger partial charge in [-0.3, -0.25) is 4.79 Å². The second-order valence-electron chi connectivity index (χ2n) is 5.68. The number of amides is 1. The minimum atomic E-state index is -1.09. The van der Waals surface area contributed by atoms with Crippen LogP contribution in [0.1, 0.15) is 26.3 Å². The second kappa shape index (κ2) is 7.77. The van der Waals surface area contributed by atoms with Gasteiger partial charge in [0.05, 0.1) is 6.61 Å². The van der Waals surface area contributed by atoms with E-state index in [-0.39, 0.29) is 11.7 Å². The van der Waals surface area contributed by atoms with Crippen LogP contribution < -0.4 is 14.8 Å². The van der Waals surface area contributed by atoms with Gasteiger partial charge in [0.25, 0.3) is 5.91 Å². The molecule has 0 atom stereocenters. The largest absolute Gasteiger partial charge is 0.478 e. The Kier molecular flexibility index (Phi) is 5.73. The van der Waals surface area contributed by atoms with Crippen LogP contribution in [0.3, 0.4) is 0 Å². The molecule has 5 nitrogen and oxygen atoms in total. The van der Waals surface area contributed by atoms with Gasteiger partial charge in [0.15, 0.2) is 5.60 Å². The second-order valence-corrected chi connectivity index (χ2v) is 5.68. The highest BCUT2D eigenvalue weighted by molar-refractivity contribution is 5.84. The van der Waals surface area contributed by atoms with E-state index in [1.165, 1.54) is 24.3 Å². The first-order chi connectivity index (χ1) is 11.4. The molecule has 6 heteroatoms. The fourth-order valence-corrected chi connectivity index (χ4v) is 2.03. The maximum atomic E-state index is 12.9. The zero-order valence-electron chi connectivity index (χ0n) is 14.0. The van der Waals surface area contributed by atoms with E-state index in [2.05, 4.69) is 10.3 Å². The Labute approximate surface area is 140 Å². The average molecular weight is 332 g/mol. The summed E-state index contributed by atoms with van der Waals surface area (Å²) in [4.78, 5) is 16.4. The maximum Gasteiger partial charge on any atom is 0.263 e. The van der Waals surface area contributed by atoms with Crippen molar-refractivity contribution in [3.63, 3.8) is 0 Å². The Morgan fingerprint density at radius 3 is 2.62 bits per heavy atom. The minimum absolute atomic E-state index is 0.276. The molecule has 0 aliphatic carbocycles. The van der Waals surface area contributed by atoms with Crippen molar-refractivity contribution in [2.45, 2.75) is 32.9 Å². The molecule has 128 valence electrons. The highest BCUT2D eigenvalue weighted by atomic mass is 19.1. The van der Waals surface area contributed by atoms with Gasteiger partial charge >= 0.3 is 0 Å². The van der Waals surface area contributed by atoms with E-state index in [1.807, 2.05) is 6.92 Å². The molecule has 0 spiro atoms. The van der Waals surface area contributed by atoms with Crippen LogP contribution in [0.2, 0.25) is 0 Å². The molecule has 1 aromatic carbocycles. The Balaban J connectivity index is 1.95. The van der Waals surface area contributed by atoms with E-state index in [1.54, 1.807) is 32.2 Å². The summed E-state index contributed by atoms with van der Waals surface area (Å²) in [5.41, 5.74) is -0.215.